The highest BCUT2D eigenvalue weighted by Gasteiger charge is 2.34. The molecule has 1 aliphatic rings. The van der Waals surface area contributed by atoms with Gasteiger partial charge in [-0.05, 0) is 54.7 Å². The van der Waals surface area contributed by atoms with Crippen molar-refractivity contribution in [3.63, 3.8) is 0 Å². The van der Waals surface area contributed by atoms with E-state index in [0.29, 0.717) is 11.5 Å². The number of rotatable bonds is 6. The standard InChI is InChI=1S/C20H28O6/c1-5-6-15-7-9-16(10-8-15)18(21)24-26-25-19(22)23-17-11-14(2)12-20(3,4)13-17/h7-10,14,17H,5-6,11-13H2,1-4H3. The van der Waals surface area contributed by atoms with Crippen LogP contribution in [0, 0.1) is 11.3 Å². The van der Waals surface area contributed by atoms with Crippen molar-refractivity contribution in [3.8, 4) is 0 Å². The predicted molar refractivity (Wildman–Crippen MR) is 95.1 cm³/mol. The van der Waals surface area contributed by atoms with Crippen LogP contribution in [0.5, 0.6) is 0 Å². The highest BCUT2D eigenvalue weighted by atomic mass is 17.5. The van der Waals surface area contributed by atoms with Crippen molar-refractivity contribution in [2.24, 2.45) is 11.3 Å². The molecule has 2 unspecified atom stereocenters. The van der Waals surface area contributed by atoms with Crippen LogP contribution in [-0.2, 0) is 26.0 Å². The number of benzene rings is 1. The monoisotopic (exact) mass is 364 g/mol. The Bertz CT molecular complexity index is 607. The van der Waals surface area contributed by atoms with E-state index >= 15 is 0 Å². The quantitative estimate of drug-likeness (QED) is 0.401. The largest absolute Gasteiger partial charge is 0.543 e. The number of hydrogen-bond acceptors (Lipinski definition) is 6. The number of ether oxygens (including phenoxy) is 1. The fourth-order valence-corrected chi connectivity index (χ4v) is 3.72. The Labute approximate surface area is 154 Å². The van der Waals surface area contributed by atoms with Gasteiger partial charge in [-0.1, -0.05) is 46.2 Å². The van der Waals surface area contributed by atoms with Crippen LogP contribution in [0.2, 0.25) is 0 Å². The zero-order valence-electron chi connectivity index (χ0n) is 15.9. The molecule has 0 amide bonds. The Morgan fingerprint density at radius 2 is 1.81 bits per heavy atom. The molecule has 0 spiro atoms. The molecule has 1 aromatic carbocycles. The Morgan fingerprint density at radius 3 is 2.42 bits per heavy atom. The van der Waals surface area contributed by atoms with E-state index in [2.05, 4.69) is 42.5 Å². The predicted octanol–water partition coefficient (Wildman–Crippen LogP) is 5.01. The molecule has 1 aromatic rings. The molecule has 1 fully saturated rings. The molecule has 1 aliphatic carbocycles. The second kappa shape index (κ2) is 9.03. The van der Waals surface area contributed by atoms with E-state index in [4.69, 9.17) is 4.74 Å². The molecule has 144 valence electrons. The van der Waals surface area contributed by atoms with Gasteiger partial charge in [0.1, 0.15) is 6.10 Å². The Hall–Kier alpha value is -2.08. The maximum atomic E-state index is 11.8. The average molecular weight is 364 g/mol. The van der Waals surface area contributed by atoms with E-state index in [0.717, 1.165) is 37.7 Å². The fourth-order valence-electron chi connectivity index (χ4n) is 3.72. The van der Waals surface area contributed by atoms with Gasteiger partial charge in [0.2, 0.25) is 0 Å². The molecule has 0 radical (unpaired) electrons. The molecule has 0 bridgehead atoms. The van der Waals surface area contributed by atoms with Crippen molar-refractivity contribution in [2.45, 2.75) is 65.9 Å². The zero-order chi connectivity index (χ0) is 19.2. The van der Waals surface area contributed by atoms with Crippen LogP contribution < -0.4 is 0 Å². The van der Waals surface area contributed by atoms with Crippen molar-refractivity contribution in [1.82, 2.24) is 0 Å². The molecule has 6 nitrogen and oxygen atoms in total. The van der Waals surface area contributed by atoms with Gasteiger partial charge < -0.3 is 4.74 Å². The smallest absolute Gasteiger partial charge is 0.429 e. The molecular weight excluding hydrogens is 336 g/mol. The van der Waals surface area contributed by atoms with Gasteiger partial charge >= 0.3 is 12.1 Å². The lowest BCUT2D eigenvalue weighted by atomic mass is 9.71. The van der Waals surface area contributed by atoms with Crippen molar-refractivity contribution < 1.29 is 29.1 Å². The lowest BCUT2D eigenvalue weighted by molar-refractivity contribution is -0.453. The molecular formula is C20H28O6. The Morgan fingerprint density at radius 1 is 1.12 bits per heavy atom. The summed E-state index contributed by atoms with van der Waals surface area (Å²) < 4.78 is 5.25. The summed E-state index contributed by atoms with van der Waals surface area (Å²) in [6.07, 6.45) is 3.36. The van der Waals surface area contributed by atoms with Crippen LogP contribution >= 0.6 is 0 Å². The Balaban J connectivity index is 1.73. The first-order chi connectivity index (χ1) is 12.3. The lowest BCUT2D eigenvalue weighted by Crippen LogP contribution is -2.34. The summed E-state index contributed by atoms with van der Waals surface area (Å²) >= 11 is 0. The van der Waals surface area contributed by atoms with Crippen LogP contribution in [-0.4, -0.2) is 18.2 Å². The van der Waals surface area contributed by atoms with Crippen LogP contribution in [0.25, 0.3) is 0 Å². The number of carbonyl (C=O) groups is 2. The zero-order valence-corrected chi connectivity index (χ0v) is 15.9. The van der Waals surface area contributed by atoms with Crippen molar-refractivity contribution in [1.29, 1.82) is 0 Å². The highest BCUT2D eigenvalue weighted by molar-refractivity contribution is 5.88. The lowest BCUT2D eigenvalue weighted by Gasteiger charge is -2.37. The Kier molecular flexibility index (Phi) is 7.03. The van der Waals surface area contributed by atoms with Crippen molar-refractivity contribution in [2.75, 3.05) is 0 Å². The summed E-state index contributed by atoms with van der Waals surface area (Å²) in [6.45, 7) is 8.51. The summed E-state index contributed by atoms with van der Waals surface area (Å²) in [6, 6.07) is 6.98. The van der Waals surface area contributed by atoms with Gasteiger partial charge in [0.25, 0.3) is 0 Å². The summed E-state index contributed by atoms with van der Waals surface area (Å²) in [5, 5.41) is 4.29. The van der Waals surface area contributed by atoms with Gasteiger partial charge in [-0.15, -0.1) is 0 Å². The first-order valence-electron chi connectivity index (χ1n) is 9.14. The SMILES string of the molecule is CCCc1ccc(C(=O)OOOC(=O)OC2CC(C)CC(C)(C)C2)cc1. The highest BCUT2D eigenvalue weighted by Crippen LogP contribution is 2.39. The minimum Gasteiger partial charge on any atom is -0.429 e. The molecule has 0 aromatic heterocycles. The average Bonchev–Trinajstić information content (AvgIpc) is 2.53. The molecule has 0 aliphatic heterocycles. The van der Waals surface area contributed by atoms with Crippen LogP contribution in [0.4, 0.5) is 4.79 Å². The van der Waals surface area contributed by atoms with Gasteiger partial charge in [0, 0.05) is 0 Å². The normalized spacial score (nSPS) is 21.7. The van der Waals surface area contributed by atoms with E-state index in [1.54, 1.807) is 12.1 Å². The van der Waals surface area contributed by atoms with E-state index in [-0.39, 0.29) is 11.5 Å². The number of carbonyl (C=O) groups excluding carboxylic acids is 2. The first kappa shape index (κ1) is 20.2. The molecule has 0 N–H and O–H groups in total. The molecule has 0 saturated heterocycles. The van der Waals surface area contributed by atoms with Gasteiger partial charge in [0.15, 0.2) is 0 Å². The fraction of sp³-hybridized carbons (Fsp3) is 0.600. The second-order valence-electron chi connectivity index (χ2n) is 7.87. The first-order valence-corrected chi connectivity index (χ1v) is 9.14. The molecule has 2 rings (SSSR count). The summed E-state index contributed by atoms with van der Waals surface area (Å²) in [7, 11) is 0. The second-order valence-corrected chi connectivity index (χ2v) is 7.87. The third-order valence-corrected chi connectivity index (χ3v) is 4.55. The molecule has 6 heteroatoms. The topological polar surface area (TPSA) is 71.1 Å². The van der Waals surface area contributed by atoms with Gasteiger partial charge in [-0.25, -0.2) is 14.5 Å². The van der Waals surface area contributed by atoms with Gasteiger partial charge in [-0.3, -0.25) is 4.89 Å². The third kappa shape index (κ3) is 6.33. The summed E-state index contributed by atoms with van der Waals surface area (Å²) in [5.41, 5.74) is 1.55. The van der Waals surface area contributed by atoms with Crippen LogP contribution in [0.1, 0.15) is 69.3 Å². The summed E-state index contributed by atoms with van der Waals surface area (Å²) in [4.78, 5) is 32.4. The van der Waals surface area contributed by atoms with E-state index < -0.39 is 12.1 Å². The van der Waals surface area contributed by atoms with E-state index in [1.165, 1.54) is 0 Å². The maximum absolute atomic E-state index is 11.8. The minimum atomic E-state index is -1.01. The molecule has 1 saturated carbocycles. The van der Waals surface area contributed by atoms with Crippen LogP contribution in [0.15, 0.2) is 24.3 Å². The van der Waals surface area contributed by atoms with Gasteiger partial charge in [0.05, 0.1) is 10.6 Å². The minimum absolute atomic E-state index is 0.111. The molecule has 0 heterocycles. The number of hydrogen-bond donors (Lipinski definition) is 0. The molecule has 2 atom stereocenters. The van der Waals surface area contributed by atoms with E-state index in [9.17, 15) is 9.59 Å². The number of aryl methyl sites for hydroxylation is 1. The molecule has 26 heavy (non-hydrogen) atoms. The van der Waals surface area contributed by atoms with Crippen molar-refractivity contribution >= 4 is 12.1 Å². The summed E-state index contributed by atoms with van der Waals surface area (Å²) in [5.74, 6) is -0.278. The van der Waals surface area contributed by atoms with E-state index in [1.807, 2.05) is 12.1 Å². The van der Waals surface area contributed by atoms with Crippen molar-refractivity contribution in [3.05, 3.63) is 35.4 Å². The van der Waals surface area contributed by atoms with Gasteiger partial charge in [-0.2, -0.15) is 0 Å². The third-order valence-electron chi connectivity index (χ3n) is 4.55. The maximum Gasteiger partial charge on any atom is 0.543 e. The van der Waals surface area contributed by atoms with Crippen LogP contribution in [0.3, 0.4) is 0 Å².